The molecule has 0 saturated carbocycles. The molecule has 3 aliphatic rings. The Morgan fingerprint density at radius 2 is 0.987 bits per heavy atom. The molecule has 0 aliphatic carbocycles. The fourth-order valence-electron chi connectivity index (χ4n) is 7.59. The fraction of sp³-hybridized carbons (Fsp3) is 0.517. The quantitative estimate of drug-likeness (QED) is 0.0323. The molecule has 0 bridgehead atoms. The first kappa shape index (κ1) is 56.5. The van der Waals surface area contributed by atoms with Gasteiger partial charge in [-0.25, -0.2) is 37.6 Å². The van der Waals surface area contributed by atoms with Gasteiger partial charge in [-0.3, -0.25) is 65.7 Å². The molecule has 17 N–H and O–H groups in total. The summed E-state index contributed by atoms with van der Waals surface area (Å²) in [5.41, 5.74) is 6.09. The van der Waals surface area contributed by atoms with Crippen LogP contribution in [-0.2, 0) is 68.3 Å². The van der Waals surface area contributed by atoms with Gasteiger partial charge in [0, 0.05) is 12.3 Å². The number of anilines is 2. The van der Waals surface area contributed by atoms with Gasteiger partial charge >= 0.3 is 44.8 Å². The number of nitrogens with one attached hydrogen (secondary N) is 3. The summed E-state index contributed by atoms with van der Waals surface area (Å²) in [5.74, 6) is -0.959. The van der Waals surface area contributed by atoms with Crippen LogP contribution in [0.2, 0.25) is 0 Å². The molecule has 0 aromatic carbocycles. The Kier molecular flexibility index (Phi) is 15.8. The van der Waals surface area contributed by atoms with Crippen molar-refractivity contribution in [3.05, 3.63) is 66.5 Å². The Labute approximate surface area is 410 Å². The maximum absolute atomic E-state index is 13.8. The molecule has 5 aromatic heterocycles. The lowest BCUT2D eigenvalue weighted by Gasteiger charge is -2.26. The number of fused-ring (bicyclic) bond motifs is 2. The van der Waals surface area contributed by atoms with Crippen LogP contribution in [0.4, 0.5) is 11.9 Å². The van der Waals surface area contributed by atoms with Crippen LogP contribution in [0.5, 0.6) is 0 Å². The van der Waals surface area contributed by atoms with Crippen LogP contribution < -0.4 is 33.8 Å². The second kappa shape index (κ2) is 20.9. The molecule has 8 rings (SSSR count). The number of ether oxygens (including phenoxy) is 3. The highest BCUT2D eigenvalue weighted by Gasteiger charge is 2.54. The SMILES string of the molecule is Nc1nc2c(ncn2[C@@H]2O[C@H](COP(=O)(O)O[C@H]3[C@@H](O)[C@H](n4cnc5c(=O)[nH]c(N)nc54)O[C@@H]3COP(=O)(O)OP(=O)(O)OP(=O)(O)O)[C@@H](OP(=O)(O)OC[C@H]3O[C@@H](n4ccc(=O)[nH]c4=O)[C@H](O)[C@@H]3O)[C@H]2O)c(=O)[nH]1. The Bertz CT molecular complexity index is 3470. The molecule has 41 nitrogen and oxygen atoms in total. The number of imidazole rings is 2. The molecule has 75 heavy (non-hydrogen) atoms. The number of H-pyrrole nitrogens is 3. The summed E-state index contributed by atoms with van der Waals surface area (Å²) >= 11 is 0. The third-order valence-electron chi connectivity index (χ3n) is 10.7. The van der Waals surface area contributed by atoms with Crippen LogP contribution in [0.3, 0.4) is 0 Å². The zero-order chi connectivity index (χ0) is 54.9. The zero-order valence-corrected chi connectivity index (χ0v) is 41.1. The smallest absolute Gasteiger partial charge is 0.387 e. The molecule has 8 heterocycles. The Balaban J connectivity index is 1.03. The number of phosphoric ester groups is 3. The first-order valence-electron chi connectivity index (χ1n) is 20.4. The van der Waals surface area contributed by atoms with Gasteiger partial charge in [0.2, 0.25) is 11.9 Å². The number of aromatic nitrogens is 10. The van der Waals surface area contributed by atoms with E-state index in [-0.39, 0.29) is 11.2 Å². The minimum atomic E-state index is -6.10. The summed E-state index contributed by atoms with van der Waals surface area (Å²) in [5, 5.41) is 44.3. The van der Waals surface area contributed by atoms with Gasteiger partial charge in [0.15, 0.2) is 41.0 Å². The average Bonchev–Trinajstić information content (AvgIpc) is 4.09. The number of nitrogens with zero attached hydrogens (tertiary/aromatic N) is 7. The summed E-state index contributed by atoms with van der Waals surface area (Å²) in [4.78, 5) is 130. The minimum absolute atomic E-state index is 0.359. The lowest BCUT2D eigenvalue weighted by Crippen LogP contribution is -2.38. The third kappa shape index (κ3) is 12.5. The molecular weight excluding hydrogens is 1140 g/mol. The van der Waals surface area contributed by atoms with Gasteiger partial charge < -0.3 is 75.5 Å². The van der Waals surface area contributed by atoms with E-state index in [2.05, 4.69) is 43.0 Å². The van der Waals surface area contributed by atoms with Crippen molar-refractivity contribution in [1.82, 2.24) is 48.6 Å². The number of phosphoric acid groups is 5. The molecular formula is C29H39N12O29P5. The molecule has 3 saturated heterocycles. The van der Waals surface area contributed by atoms with E-state index in [1.54, 1.807) is 0 Å². The van der Waals surface area contributed by atoms with Crippen LogP contribution in [0, 0.1) is 0 Å². The van der Waals surface area contributed by atoms with Crippen LogP contribution in [-0.4, -0.2) is 173 Å². The molecule has 46 heteroatoms. The van der Waals surface area contributed by atoms with E-state index in [4.69, 9.17) is 53.6 Å². The second-order valence-corrected chi connectivity index (χ2v) is 23.0. The van der Waals surface area contributed by atoms with Crippen molar-refractivity contribution in [1.29, 1.82) is 0 Å². The van der Waals surface area contributed by atoms with Crippen molar-refractivity contribution in [2.24, 2.45) is 0 Å². The number of nitrogen functional groups attached to an aromatic ring is 2. The maximum atomic E-state index is 13.8. The van der Waals surface area contributed by atoms with Gasteiger partial charge in [-0.2, -0.15) is 18.6 Å². The standard InChI is InChI=1S/C29H39N12O29P5/c30-27-35-20-12(22(47)37-27)32-6-40(20)25-16(45)18(67-72(53,54)61-3-8-14(43)15(44)24(64-8)39-2-1-11(42)34-29(39)49)9(65-25)4-62-73(55,56)68-19-10(5-63-74(57,58)70-75(59,60)69-71(50,51)52)66-26(17(19)46)41-7-33-13-21(41)36-28(31)38-23(13)48/h1-2,6-10,14-19,24-26,43-46H,3-5H2,(H,53,54)(H,55,56)(H,57,58)(H,59,60)(H,34,42,49)(H2,50,51,52)(H3,30,35,37,47)(H3,31,36,38,48)/t8-,9-,10-,14-,15-,16-,17-,18-,19-,24-,25-,26-/m1/s1. The van der Waals surface area contributed by atoms with Crippen molar-refractivity contribution in [3.63, 3.8) is 0 Å². The first-order chi connectivity index (χ1) is 34.8. The third-order valence-corrected chi connectivity index (χ3v) is 16.4. The normalized spacial score (nSPS) is 30.6. The summed E-state index contributed by atoms with van der Waals surface area (Å²) in [6, 6.07) is 0.886. The molecule has 0 spiro atoms. The number of aliphatic hydroxyl groups is 4. The predicted octanol–water partition coefficient (Wildman–Crippen LogP) is -5.55. The molecule has 414 valence electrons. The van der Waals surface area contributed by atoms with E-state index >= 15 is 0 Å². The summed E-state index contributed by atoms with van der Waals surface area (Å²) in [6.07, 6.45) is -21.5. The summed E-state index contributed by atoms with van der Waals surface area (Å²) < 4.78 is 115. The number of aromatic amines is 3. The highest BCUT2D eigenvalue weighted by molar-refractivity contribution is 7.66. The van der Waals surface area contributed by atoms with Gasteiger partial charge in [0.1, 0.15) is 54.9 Å². The van der Waals surface area contributed by atoms with Crippen LogP contribution in [0.25, 0.3) is 22.3 Å². The molecule has 3 aliphatic heterocycles. The monoisotopic (exact) mass is 1170 g/mol. The second-order valence-electron chi connectivity index (χ2n) is 15.8. The number of nitrogens with two attached hydrogens (primary N) is 2. The van der Waals surface area contributed by atoms with Crippen molar-refractivity contribution >= 4 is 73.3 Å². The van der Waals surface area contributed by atoms with Crippen molar-refractivity contribution in [3.8, 4) is 0 Å². The van der Waals surface area contributed by atoms with Crippen molar-refractivity contribution in [2.45, 2.75) is 73.6 Å². The van der Waals surface area contributed by atoms with Gasteiger partial charge in [-0.15, -0.1) is 0 Å². The lowest BCUT2D eigenvalue weighted by atomic mass is 10.1. The molecule has 3 fully saturated rings. The zero-order valence-electron chi connectivity index (χ0n) is 36.6. The van der Waals surface area contributed by atoms with Gasteiger partial charge in [0.25, 0.3) is 16.7 Å². The molecule has 0 radical (unpaired) electrons. The minimum Gasteiger partial charge on any atom is -0.387 e. The summed E-state index contributed by atoms with van der Waals surface area (Å²) in [6.45, 7) is -3.89. The van der Waals surface area contributed by atoms with E-state index in [0.717, 1.165) is 34.1 Å². The van der Waals surface area contributed by atoms with Crippen molar-refractivity contribution in [2.75, 3.05) is 31.3 Å². The first-order valence-corrected chi connectivity index (χ1v) is 27.9. The van der Waals surface area contributed by atoms with Gasteiger partial charge in [-0.1, -0.05) is 0 Å². The maximum Gasteiger partial charge on any atom is 0.490 e. The number of aliphatic hydroxyl groups excluding tert-OH is 4. The molecule has 4 unspecified atom stereocenters. The highest BCUT2D eigenvalue weighted by atomic mass is 31.3. The van der Waals surface area contributed by atoms with E-state index < -0.39 is 178 Å². The lowest BCUT2D eigenvalue weighted by molar-refractivity contribution is -0.0630. The topological polar surface area (TPSA) is 614 Å². The molecule has 5 aromatic rings. The van der Waals surface area contributed by atoms with E-state index in [9.17, 15) is 82.0 Å². The highest BCUT2D eigenvalue weighted by Crippen LogP contribution is 2.66. The van der Waals surface area contributed by atoms with Gasteiger partial charge in [-0.05, 0) is 0 Å². The largest absolute Gasteiger partial charge is 0.490 e. The molecule has 16 atom stereocenters. The summed E-state index contributed by atoms with van der Waals surface area (Å²) in [7, 11) is -29.3. The van der Waals surface area contributed by atoms with E-state index in [0.29, 0.717) is 4.57 Å². The Morgan fingerprint density at radius 3 is 1.44 bits per heavy atom. The van der Waals surface area contributed by atoms with Crippen molar-refractivity contribution < 1.29 is 118 Å². The molecule has 0 amide bonds. The Morgan fingerprint density at radius 1 is 0.560 bits per heavy atom. The number of hydrogen-bond donors (Lipinski definition) is 15. The van der Waals surface area contributed by atoms with E-state index in [1.807, 2.05) is 4.98 Å². The van der Waals surface area contributed by atoms with Crippen LogP contribution in [0.15, 0.2) is 44.1 Å². The number of hydrogen-bond acceptors (Lipinski definition) is 29. The van der Waals surface area contributed by atoms with Crippen LogP contribution >= 0.6 is 39.1 Å². The number of rotatable bonds is 20. The van der Waals surface area contributed by atoms with Gasteiger partial charge in [0.05, 0.1) is 32.5 Å². The fourth-order valence-corrected chi connectivity index (χ4v) is 12.5. The predicted molar refractivity (Wildman–Crippen MR) is 233 cm³/mol. The van der Waals surface area contributed by atoms with E-state index in [1.165, 1.54) is 0 Å². The average molecular weight is 1170 g/mol. The Hall–Kier alpha value is -4.67. The van der Waals surface area contributed by atoms with Crippen LogP contribution in [0.1, 0.15) is 18.7 Å².